The monoisotopic (exact) mass is 665 g/mol. The molecule has 0 aromatic heterocycles. The van der Waals surface area contributed by atoms with E-state index < -0.39 is 97.3 Å². The molecule has 2 bridgehead atoms. The Morgan fingerprint density at radius 1 is 0.936 bits per heavy atom. The third kappa shape index (κ3) is 10.6. The molecular formula is C33H47NO13. The summed E-state index contributed by atoms with van der Waals surface area (Å²) in [5.41, 5.74) is 5.98. The summed E-state index contributed by atoms with van der Waals surface area (Å²) in [5, 5.41) is 63.9. The van der Waals surface area contributed by atoms with E-state index in [-0.39, 0.29) is 25.4 Å². The van der Waals surface area contributed by atoms with Crippen LogP contribution in [0.5, 0.6) is 0 Å². The number of rotatable bonds is 3. The molecule has 0 aliphatic carbocycles. The summed E-state index contributed by atoms with van der Waals surface area (Å²) in [6.45, 7) is 3.34. The zero-order valence-corrected chi connectivity index (χ0v) is 26.4. The van der Waals surface area contributed by atoms with Gasteiger partial charge in [0.2, 0.25) is 0 Å². The number of aliphatic hydroxyl groups is 5. The van der Waals surface area contributed by atoms with Crippen molar-refractivity contribution in [3.05, 3.63) is 60.8 Å². The van der Waals surface area contributed by atoms with Gasteiger partial charge in [-0.15, -0.1) is 0 Å². The average Bonchev–Trinajstić information content (AvgIpc) is 3.72. The number of esters is 1. The third-order valence-electron chi connectivity index (χ3n) is 8.58. The van der Waals surface area contributed by atoms with Gasteiger partial charge in [0, 0.05) is 38.2 Å². The van der Waals surface area contributed by atoms with Gasteiger partial charge in [-0.05, 0) is 19.9 Å². The first-order chi connectivity index (χ1) is 22.3. The molecule has 0 radical (unpaired) electrons. The molecule has 4 rings (SSSR count). The molecule has 0 aromatic rings. The Labute approximate surface area is 273 Å². The summed E-state index contributed by atoms with van der Waals surface area (Å²) in [6, 6.07) is -1.08. The van der Waals surface area contributed by atoms with Gasteiger partial charge in [-0.1, -0.05) is 48.6 Å². The van der Waals surface area contributed by atoms with E-state index in [1.54, 1.807) is 56.4 Å². The highest BCUT2D eigenvalue weighted by atomic mass is 16.7. The molecule has 14 atom stereocenters. The molecule has 0 aromatic carbocycles. The highest BCUT2D eigenvalue weighted by Crippen LogP contribution is 2.39. The van der Waals surface area contributed by atoms with Crippen molar-refractivity contribution in [2.45, 2.75) is 125 Å². The van der Waals surface area contributed by atoms with E-state index in [0.29, 0.717) is 6.42 Å². The van der Waals surface area contributed by atoms with Gasteiger partial charge in [-0.25, -0.2) is 4.79 Å². The number of ether oxygens (including phenoxy) is 5. The Kier molecular flexibility index (Phi) is 13.1. The highest BCUT2D eigenvalue weighted by molar-refractivity contribution is 5.82. The van der Waals surface area contributed by atoms with Crippen LogP contribution in [0.2, 0.25) is 0 Å². The number of hydrogen-bond acceptors (Lipinski definition) is 13. The standard InChI is InChI=1S/C33H47NO13/c1-18-10-8-6-4-3-5-7-9-11-21(45-32-30(39)28(34)29(38)19(2)44-32)15-25-27(31(40)41)22(36)17-33(42,47-25)16-20(35)14-24-23(46-24)12-13-26(37)43-18/h3-9,11-13,18-25,27-30,32,35-36,38-39,42H,10,14-17,34H2,1-2H3,(H,40,41)/b4-3+,7-5+,8-6+,11-9+,13-12+/t18-,19-,20+,21+,22+,23?,24-,25?,27-,28+,29-,30+,32+,33-/m1/s1. The van der Waals surface area contributed by atoms with Gasteiger partial charge in [0.15, 0.2) is 12.1 Å². The summed E-state index contributed by atoms with van der Waals surface area (Å²) < 4.78 is 28.5. The van der Waals surface area contributed by atoms with Crippen LogP contribution in [0.3, 0.4) is 0 Å². The molecule has 14 nitrogen and oxygen atoms in total. The Hall–Kier alpha value is -2.76. The maximum Gasteiger partial charge on any atom is 0.330 e. The number of epoxide rings is 1. The van der Waals surface area contributed by atoms with Crippen molar-refractivity contribution in [3.8, 4) is 0 Å². The molecule has 3 saturated heterocycles. The first-order valence-corrected chi connectivity index (χ1v) is 15.9. The van der Waals surface area contributed by atoms with Gasteiger partial charge in [0.05, 0.1) is 48.8 Å². The number of hydrogen-bond donors (Lipinski definition) is 7. The Balaban J connectivity index is 1.58. The number of carboxylic acids is 1. The Morgan fingerprint density at radius 3 is 2.36 bits per heavy atom. The van der Waals surface area contributed by atoms with Crippen LogP contribution in [0.4, 0.5) is 0 Å². The van der Waals surface area contributed by atoms with Crippen molar-refractivity contribution in [1.29, 1.82) is 0 Å². The lowest BCUT2D eigenvalue weighted by Gasteiger charge is -2.45. The Bertz CT molecular complexity index is 1220. The van der Waals surface area contributed by atoms with E-state index in [9.17, 15) is 40.2 Å². The number of carbonyl (C=O) groups is 2. The summed E-state index contributed by atoms with van der Waals surface area (Å²) in [7, 11) is 0. The number of fused-ring (bicyclic) bond motifs is 3. The minimum absolute atomic E-state index is 0.0789. The zero-order valence-electron chi connectivity index (χ0n) is 26.4. The van der Waals surface area contributed by atoms with Gasteiger partial charge in [0.1, 0.15) is 24.2 Å². The predicted octanol–water partition coefficient (Wildman–Crippen LogP) is 0.120. The number of aliphatic carboxylic acids is 1. The summed E-state index contributed by atoms with van der Waals surface area (Å²) in [5.74, 6) is -5.45. The van der Waals surface area contributed by atoms with Gasteiger partial charge in [0.25, 0.3) is 0 Å². The van der Waals surface area contributed by atoms with E-state index in [2.05, 4.69) is 0 Å². The maximum atomic E-state index is 12.3. The first-order valence-electron chi connectivity index (χ1n) is 15.9. The topological polar surface area (TPSA) is 231 Å². The van der Waals surface area contributed by atoms with Crippen molar-refractivity contribution < 1.29 is 63.9 Å². The lowest BCUT2D eigenvalue weighted by molar-refractivity contribution is -0.308. The smallest absolute Gasteiger partial charge is 0.330 e. The van der Waals surface area contributed by atoms with Crippen molar-refractivity contribution in [2.75, 3.05) is 0 Å². The van der Waals surface area contributed by atoms with E-state index in [1.807, 2.05) is 6.08 Å². The highest BCUT2D eigenvalue weighted by Gasteiger charge is 2.51. The molecule has 8 N–H and O–H groups in total. The molecule has 262 valence electrons. The molecule has 4 heterocycles. The molecule has 47 heavy (non-hydrogen) atoms. The first kappa shape index (κ1) is 37.1. The third-order valence-corrected chi connectivity index (χ3v) is 8.58. The SMILES string of the molecule is C[C@@H]1C/C=C/C=C/C=C/C=C/[C@H](O[C@@H]2O[C@H](C)[C@@H](O)[C@H](N)[C@@H]2O)CC2O[C@](O)(C[C@@H](O)C[C@H]3OC3/C=C/C(=O)O1)C[C@H](O)[C@H]2C(=O)O. The summed E-state index contributed by atoms with van der Waals surface area (Å²) in [4.78, 5) is 24.4. The molecular weight excluding hydrogens is 618 g/mol. The Morgan fingerprint density at radius 2 is 1.64 bits per heavy atom. The number of carboxylic acid groups (broad SMARTS) is 1. The fourth-order valence-electron chi connectivity index (χ4n) is 6.00. The van der Waals surface area contributed by atoms with Crippen LogP contribution in [-0.2, 0) is 33.3 Å². The molecule has 4 aliphatic heterocycles. The quantitative estimate of drug-likeness (QED) is 0.157. The number of allylic oxidation sites excluding steroid dienone is 6. The lowest BCUT2D eigenvalue weighted by Crippen LogP contribution is -2.61. The molecule has 0 saturated carbocycles. The zero-order chi connectivity index (χ0) is 34.3. The van der Waals surface area contributed by atoms with E-state index in [0.717, 1.165) is 0 Å². The molecule has 0 spiro atoms. The van der Waals surface area contributed by atoms with Crippen LogP contribution in [0.15, 0.2) is 60.8 Å². The fraction of sp³-hybridized carbons (Fsp3) is 0.636. The second-order valence-corrected chi connectivity index (χ2v) is 12.6. The van der Waals surface area contributed by atoms with Crippen LogP contribution < -0.4 is 5.73 Å². The number of carbonyl (C=O) groups excluding carboxylic acids is 1. The van der Waals surface area contributed by atoms with Crippen LogP contribution in [0.25, 0.3) is 0 Å². The minimum atomic E-state index is -2.10. The van der Waals surface area contributed by atoms with E-state index >= 15 is 0 Å². The summed E-state index contributed by atoms with van der Waals surface area (Å²) in [6.07, 6.45) is 5.25. The maximum absolute atomic E-state index is 12.3. The van der Waals surface area contributed by atoms with Crippen molar-refractivity contribution in [1.82, 2.24) is 0 Å². The van der Waals surface area contributed by atoms with E-state index in [1.165, 1.54) is 12.2 Å². The largest absolute Gasteiger partial charge is 0.481 e. The van der Waals surface area contributed by atoms with Gasteiger partial charge in [-0.3, -0.25) is 4.79 Å². The second-order valence-electron chi connectivity index (χ2n) is 12.6. The molecule has 4 aliphatic rings. The van der Waals surface area contributed by atoms with E-state index in [4.69, 9.17) is 29.4 Å². The van der Waals surface area contributed by atoms with Crippen LogP contribution in [-0.4, -0.2) is 122 Å². The number of nitrogens with two attached hydrogens (primary N) is 1. The average molecular weight is 666 g/mol. The molecule has 14 heteroatoms. The number of aliphatic hydroxyl groups excluding tert-OH is 4. The molecule has 3 fully saturated rings. The van der Waals surface area contributed by atoms with Crippen LogP contribution in [0.1, 0.15) is 46.0 Å². The fourth-order valence-corrected chi connectivity index (χ4v) is 6.00. The van der Waals surface area contributed by atoms with Crippen molar-refractivity contribution >= 4 is 11.9 Å². The van der Waals surface area contributed by atoms with Crippen LogP contribution >= 0.6 is 0 Å². The summed E-state index contributed by atoms with van der Waals surface area (Å²) >= 11 is 0. The van der Waals surface area contributed by atoms with Crippen molar-refractivity contribution in [3.63, 3.8) is 0 Å². The lowest BCUT2D eigenvalue weighted by atomic mass is 9.83. The minimum Gasteiger partial charge on any atom is -0.481 e. The van der Waals surface area contributed by atoms with Crippen LogP contribution in [0, 0.1) is 5.92 Å². The van der Waals surface area contributed by atoms with Crippen molar-refractivity contribution in [2.24, 2.45) is 11.7 Å². The van der Waals surface area contributed by atoms with Gasteiger partial charge >= 0.3 is 11.9 Å². The molecule has 2 unspecified atom stereocenters. The second kappa shape index (κ2) is 16.6. The normalized spacial score (nSPS) is 47.2. The predicted molar refractivity (Wildman–Crippen MR) is 165 cm³/mol. The number of cyclic esters (lactones) is 1. The van der Waals surface area contributed by atoms with Gasteiger partial charge in [-0.2, -0.15) is 0 Å². The molecule has 0 amide bonds. The van der Waals surface area contributed by atoms with Gasteiger partial charge < -0.3 is 60.1 Å².